The molecule has 3 aromatic rings. The number of benzene rings is 3. The summed E-state index contributed by atoms with van der Waals surface area (Å²) in [5.41, 5.74) is 5.91. The van der Waals surface area contributed by atoms with Crippen LogP contribution in [-0.2, 0) is 20.9 Å². The van der Waals surface area contributed by atoms with E-state index in [1.54, 1.807) is 26.0 Å². The number of hydrogen-bond donors (Lipinski definition) is 0. The molecule has 0 amide bonds. The number of ether oxygens (including phenoxy) is 2. The van der Waals surface area contributed by atoms with Gasteiger partial charge in [-0.1, -0.05) is 73.8 Å². The lowest BCUT2D eigenvalue weighted by Crippen LogP contribution is -2.07. The lowest BCUT2D eigenvalue weighted by Gasteiger charge is -2.08. The van der Waals surface area contributed by atoms with E-state index in [-0.39, 0.29) is 12.6 Å². The molecule has 0 saturated heterocycles. The van der Waals surface area contributed by atoms with Crippen LogP contribution in [0.1, 0.15) is 19.4 Å². The Bertz CT molecular complexity index is 1110. The molecule has 0 N–H and O–H groups in total. The normalized spacial score (nSPS) is 10.3. The van der Waals surface area contributed by atoms with Crippen molar-refractivity contribution in [3.05, 3.63) is 103 Å². The van der Waals surface area contributed by atoms with Gasteiger partial charge in [0.2, 0.25) is 0 Å². The Labute approximate surface area is 182 Å². The fourth-order valence-corrected chi connectivity index (χ4v) is 2.83. The Hall–Kier alpha value is -3.92. The first-order chi connectivity index (χ1) is 14.8. The summed E-state index contributed by atoms with van der Waals surface area (Å²) < 4.78 is 10.4. The molecule has 0 aliphatic rings. The van der Waals surface area contributed by atoms with Crippen molar-refractivity contribution in [2.24, 2.45) is 0 Å². The van der Waals surface area contributed by atoms with Crippen LogP contribution in [0.25, 0.3) is 22.3 Å². The fraction of sp³-hybridized carbons (Fsp3) is 0.111. The van der Waals surface area contributed by atoms with Crippen LogP contribution in [0.4, 0.5) is 0 Å². The summed E-state index contributed by atoms with van der Waals surface area (Å²) in [7, 11) is 0. The number of carbonyl (C=O) groups is 2. The van der Waals surface area contributed by atoms with Crippen LogP contribution in [0.5, 0.6) is 5.75 Å². The van der Waals surface area contributed by atoms with Gasteiger partial charge in [0.05, 0.1) is 0 Å². The smallest absolute Gasteiger partial charge is 0.338 e. The summed E-state index contributed by atoms with van der Waals surface area (Å²) in [5.74, 6) is -0.332. The quantitative estimate of drug-likeness (QED) is 0.266. The van der Waals surface area contributed by atoms with Crippen LogP contribution in [0.3, 0.4) is 0 Å². The van der Waals surface area contributed by atoms with E-state index in [9.17, 15) is 9.59 Å². The van der Waals surface area contributed by atoms with E-state index in [1.807, 2.05) is 48.5 Å². The van der Waals surface area contributed by atoms with E-state index in [1.165, 1.54) is 0 Å². The van der Waals surface area contributed by atoms with Gasteiger partial charge in [-0.25, -0.2) is 9.59 Å². The topological polar surface area (TPSA) is 52.6 Å². The van der Waals surface area contributed by atoms with Gasteiger partial charge in [0, 0.05) is 11.1 Å². The molecule has 0 aliphatic carbocycles. The molecular weight excluding hydrogens is 388 g/mol. The molecule has 0 fully saturated rings. The second-order valence-electron chi connectivity index (χ2n) is 7.32. The maximum Gasteiger partial charge on any atom is 0.338 e. The molecule has 156 valence electrons. The molecule has 0 saturated carbocycles. The molecule has 0 radical (unpaired) electrons. The van der Waals surface area contributed by atoms with Crippen LogP contribution < -0.4 is 4.74 Å². The Morgan fingerprint density at radius 2 is 1.03 bits per heavy atom. The number of esters is 2. The van der Waals surface area contributed by atoms with Gasteiger partial charge in [-0.3, -0.25) is 0 Å². The Morgan fingerprint density at radius 1 is 0.645 bits per heavy atom. The van der Waals surface area contributed by atoms with Crippen molar-refractivity contribution >= 4 is 11.9 Å². The van der Waals surface area contributed by atoms with E-state index < -0.39 is 5.97 Å². The van der Waals surface area contributed by atoms with E-state index in [0.717, 1.165) is 27.8 Å². The van der Waals surface area contributed by atoms with Crippen LogP contribution in [0.2, 0.25) is 0 Å². The second kappa shape index (κ2) is 9.72. The molecule has 0 aliphatic heterocycles. The summed E-state index contributed by atoms with van der Waals surface area (Å²) in [5, 5.41) is 0. The molecule has 0 heterocycles. The zero-order chi connectivity index (χ0) is 22.4. The lowest BCUT2D eigenvalue weighted by molar-refractivity contribution is -0.140. The minimum Gasteiger partial charge on any atom is -0.457 e. The third-order valence-electron chi connectivity index (χ3n) is 4.64. The first kappa shape index (κ1) is 21.8. The van der Waals surface area contributed by atoms with Crippen molar-refractivity contribution in [1.82, 2.24) is 0 Å². The van der Waals surface area contributed by atoms with E-state index in [4.69, 9.17) is 9.47 Å². The highest BCUT2D eigenvalue weighted by Gasteiger charge is 2.07. The molecule has 0 spiro atoms. The summed E-state index contributed by atoms with van der Waals surface area (Å²) in [4.78, 5) is 23.1. The SMILES string of the molecule is C=C(C)C(=O)OCc1ccc(-c2ccc(-c3ccc(OC(=O)C(=C)C)cc3)cc2)cc1. The second-order valence-corrected chi connectivity index (χ2v) is 7.32. The van der Waals surface area contributed by atoms with E-state index in [0.29, 0.717) is 16.9 Å². The number of rotatable bonds is 7. The van der Waals surface area contributed by atoms with Gasteiger partial charge in [-0.15, -0.1) is 0 Å². The summed E-state index contributed by atoms with van der Waals surface area (Å²) in [6.07, 6.45) is 0. The van der Waals surface area contributed by atoms with Crippen molar-refractivity contribution in [3.63, 3.8) is 0 Å². The van der Waals surface area contributed by atoms with Gasteiger partial charge < -0.3 is 9.47 Å². The highest BCUT2D eigenvalue weighted by Crippen LogP contribution is 2.27. The van der Waals surface area contributed by atoms with Crippen molar-refractivity contribution in [3.8, 4) is 28.0 Å². The summed E-state index contributed by atoms with van der Waals surface area (Å²) in [6, 6.07) is 23.5. The van der Waals surface area contributed by atoms with Gasteiger partial charge in [-0.05, 0) is 53.8 Å². The van der Waals surface area contributed by atoms with Gasteiger partial charge in [0.25, 0.3) is 0 Å². The number of hydrogen-bond acceptors (Lipinski definition) is 4. The summed E-state index contributed by atoms with van der Waals surface area (Å²) >= 11 is 0. The molecule has 3 rings (SSSR count). The number of carbonyl (C=O) groups excluding carboxylic acids is 2. The van der Waals surface area contributed by atoms with Crippen LogP contribution >= 0.6 is 0 Å². The lowest BCUT2D eigenvalue weighted by atomic mass is 9.99. The van der Waals surface area contributed by atoms with Crippen molar-refractivity contribution in [2.45, 2.75) is 20.5 Å². The third-order valence-corrected chi connectivity index (χ3v) is 4.64. The summed E-state index contributed by atoms with van der Waals surface area (Å²) in [6.45, 7) is 10.6. The minimum atomic E-state index is -0.433. The zero-order valence-corrected chi connectivity index (χ0v) is 17.7. The maximum atomic E-state index is 11.6. The monoisotopic (exact) mass is 412 g/mol. The standard InChI is InChI=1S/C27H24O4/c1-18(2)26(28)30-17-20-5-7-21(8-6-20)22-9-11-23(12-10-22)24-13-15-25(16-14-24)31-27(29)19(3)4/h5-16H,1,3,17H2,2,4H3. The molecule has 3 aromatic carbocycles. The first-order valence-corrected chi connectivity index (χ1v) is 9.83. The van der Waals surface area contributed by atoms with E-state index in [2.05, 4.69) is 25.3 Å². The Morgan fingerprint density at radius 3 is 1.45 bits per heavy atom. The van der Waals surface area contributed by atoms with Crippen LogP contribution in [0, 0.1) is 0 Å². The van der Waals surface area contributed by atoms with Gasteiger partial charge in [-0.2, -0.15) is 0 Å². The molecule has 0 unspecified atom stereocenters. The third kappa shape index (κ3) is 5.80. The van der Waals surface area contributed by atoms with Gasteiger partial charge >= 0.3 is 11.9 Å². The molecule has 31 heavy (non-hydrogen) atoms. The van der Waals surface area contributed by atoms with Crippen LogP contribution in [-0.4, -0.2) is 11.9 Å². The predicted molar refractivity (Wildman–Crippen MR) is 122 cm³/mol. The molecule has 0 bridgehead atoms. The van der Waals surface area contributed by atoms with Crippen LogP contribution in [0.15, 0.2) is 97.1 Å². The van der Waals surface area contributed by atoms with Crippen molar-refractivity contribution < 1.29 is 19.1 Å². The van der Waals surface area contributed by atoms with Crippen molar-refractivity contribution in [2.75, 3.05) is 0 Å². The fourth-order valence-electron chi connectivity index (χ4n) is 2.83. The Balaban J connectivity index is 1.66. The maximum absolute atomic E-state index is 11.6. The zero-order valence-electron chi connectivity index (χ0n) is 17.7. The molecule has 4 nitrogen and oxygen atoms in total. The highest BCUT2D eigenvalue weighted by atomic mass is 16.5. The molecule has 0 atom stereocenters. The largest absolute Gasteiger partial charge is 0.457 e. The minimum absolute atomic E-state index is 0.225. The predicted octanol–water partition coefficient (Wildman–Crippen LogP) is 6.12. The first-order valence-electron chi connectivity index (χ1n) is 9.83. The average Bonchev–Trinajstić information content (AvgIpc) is 2.78. The highest BCUT2D eigenvalue weighted by molar-refractivity contribution is 5.89. The van der Waals surface area contributed by atoms with Crippen molar-refractivity contribution in [1.29, 1.82) is 0 Å². The molecule has 0 aromatic heterocycles. The van der Waals surface area contributed by atoms with Gasteiger partial charge in [0.15, 0.2) is 0 Å². The van der Waals surface area contributed by atoms with E-state index >= 15 is 0 Å². The van der Waals surface area contributed by atoms with Gasteiger partial charge in [0.1, 0.15) is 12.4 Å². The Kier molecular flexibility index (Phi) is 6.83. The molecule has 4 heteroatoms. The molecular formula is C27H24O4. The average molecular weight is 412 g/mol.